The highest BCUT2D eigenvalue weighted by molar-refractivity contribution is 5.67. The smallest absolute Gasteiger partial charge is 0.303 e. The molecule has 6 nitrogen and oxygen atoms in total. The second kappa shape index (κ2) is 9.82. The summed E-state index contributed by atoms with van der Waals surface area (Å²) in [5.74, 6) is -1.40. The van der Waals surface area contributed by atoms with E-state index in [1.165, 1.54) is 13.2 Å². The molecule has 1 aliphatic heterocycles. The summed E-state index contributed by atoms with van der Waals surface area (Å²) in [6, 6.07) is 0. The minimum atomic E-state index is -0.996. The van der Waals surface area contributed by atoms with Crippen molar-refractivity contribution in [1.82, 2.24) is 0 Å². The van der Waals surface area contributed by atoms with Crippen molar-refractivity contribution < 1.29 is 29.6 Å². The zero-order chi connectivity index (χ0) is 16.5. The van der Waals surface area contributed by atoms with E-state index < -0.39 is 30.4 Å². The van der Waals surface area contributed by atoms with Crippen molar-refractivity contribution in [2.24, 2.45) is 5.92 Å². The molecular weight excluding hydrogens is 288 g/mol. The molecule has 22 heavy (non-hydrogen) atoms. The number of hydrogen-bond acceptors (Lipinski definition) is 5. The Balaban J connectivity index is 2.68. The van der Waals surface area contributed by atoms with E-state index in [-0.39, 0.29) is 18.6 Å². The van der Waals surface area contributed by atoms with Crippen molar-refractivity contribution >= 4 is 5.97 Å². The largest absolute Gasteiger partial charge is 0.513 e. The van der Waals surface area contributed by atoms with Gasteiger partial charge in [0.2, 0.25) is 0 Å². The lowest BCUT2D eigenvalue weighted by Gasteiger charge is -2.37. The van der Waals surface area contributed by atoms with E-state index in [1.807, 2.05) is 0 Å². The Morgan fingerprint density at radius 2 is 2.05 bits per heavy atom. The lowest BCUT2D eigenvalue weighted by atomic mass is 9.87. The van der Waals surface area contributed by atoms with Crippen molar-refractivity contribution in [3.8, 4) is 0 Å². The van der Waals surface area contributed by atoms with Crippen LogP contribution in [0.4, 0.5) is 0 Å². The van der Waals surface area contributed by atoms with E-state index in [1.54, 1.807) is 0 Å². The zero-order valence-corrected chi connectivity index (χ0v) is 13.4. The molecule has 128 valence electrons. The van der Waals surface area contributed by atoms with Crippen LogP contribution in [0.3, 0.4) is 0 Å². The summed E-state index contributed by atoms with van der Waals surface area (Å²) < 4.78 is 10.7. The third kappa shape index (κ3) is 6.34. The van der Waals surface area contributed by atoms with Crippen molar-refractivity contribution in [2.75, 3.05) is 7.11 Å². The number of rotatable bonds is 9. The van der Waals surface area contributed by atoms with Crippen molar-refractivity contribution in [3.05, 3.63) is 11.8 Å². The second-order valence-corrected chi connectivity index (χ2v) is 5.80. The number of carbonyl (C=O) groups is 1. The van der Waals surface area contributed by atoms with Gasteiger partial charge in [-0.15, -0.1) is 0 Å². The molecule has 0 bridgehead atoms. The Hall–Kier alpha value is -1.11. The fourth-order valence-electron chi connectivity index (χ4n) is 2.70. The maximum atomic E-state index is 11.0. The lowest BCUT2D eigenvalue weighted by Crippen LogP contribution is -2.45. The van der Waals surface area contributed by atoms with Gasteiger partial charge in [-0.05, 0) is 12.5 Å². The van der Waals surface area contributed by atoms with Gasteiger partial charge in [0.15, 0.2) is 6.29 Å². The van der Waals surface area contributed by atoms with Gasteiger partial charge in [-0.1, -0.05) is 26.2 Å². The Morgan fingerprint density at radius 3 is 2.64 bits per heavy atom. The first-order valence-corrected chi connectivity index (χ1v) is 7.95. The van der Waals surface area contributed by atoms with E-state index >= 15 is 0 Å². The molecule has 0 aliphatic carbocycles. The normalized spacial score (nSPS) is 29.5. The van der Waals surface area contributed by atoms with E-state index in [9.17, 15) is 15.0 Å². The quantitative estimate of drug-likeness (QED) is 0.447. The van der Waals surface area contributed by atoms with Crippen molar-refractivity contribution in [2.45, 2.75) is 70.4 Å². The van der Waals surface area contributed by atoms with Gasteiger partial charge in [0.1, 0.15) is 0 Å². The number of methoxy groups -OCH3 is 1. The van der Waals surface area contributed by atoms with E-state index in [2.05, 4.69) is 6.92 Å². The predicted octanol–water partition coefficient (Wildman–Crippen LogP) is 2.61. The highest BCUT2D eigenvalue weighted by atomic mass is 16.7. The minimum absolute atomic E-state index is 0.181. The Labute approximate surface area is 131 Å². The molecule has 0 aromatic rings. The van der Waals surface area contributed by atoms with Crippen LogP contribution in [-0.2, 0) is 14.3 Å². The third-order valence-corrected chi connectivity index (χ3v) is 3.98. The molecule has 0 aromatic heterocycles. The van der Waals surface area contributed by atoms with Crippen LogP contribution >= 0.6 is 0 Å². The maximum absolute atomic E-state index is 11.0. The van der Waals surface area contributed by atoms with Gasteiger partial charge in [0.05, 0.1) is 24.4 Å². The average Bonchev–Trinajstić information content (AvgIpc) is 2.46. The molecule has 1 fully saturated rings. The van der Waals surface area contributed by atoms with Crippen LogP contribution in [0.15, 0.2) is 11.8 Å². The number of aliphatic carboxylic acids is 1. The molecule has 0 radical (unpaired) electrons. The molecule has 0 amide bonds. The number of aliphatic hydroxyl groups is 2. The first-order valence-electron chi connectivity index (χ1n) is 7.95. The molecule has 1 aliphatic rings. The molecule has 1 heterocycles. The van der Waals surface area contributed by atoms with Crippen LogP contribution < -0.4 is 0 Å². The Kier molecular flexibility index (Phi) is 8.45. The van der Waals surface area contributed by atoms with E-state index in [0.717, 1.165) is 25.7 Å². The van der Waals surface area contributed by atoms with Crippen LogP contribution in [0.2, 0.25) is 0 Å². The highest BCUT2D eigenvalue weighted by Gasteiger charge is 2.38. The predicted molar refractivity (Wildman–Crippen MR) is 81.5 cm³/mol. The first-order chi connectivity index (χ1) is 10.5. The lowest BCUT2D eigenvalue weighted by molar-refractivity contribution is -0.216. The van der Waals surface area contributed by atoms with Crippen LogP contribution in [0, 0.1) is 5.92 Å². The summed E-state index contributed by atoms with van der Waals surface area (Å²) in [5.41, 5.74) is 0. The number of ether oxygens (including phenoxy) is 2. The monoisotopic (exact) mass is 316 g/mol. The van der Waals surface area contributed by atoms with Gasteiger partial charge in [-0.25, -0.2) is 0 Å². The summed E-state index contributed by atoms with van der Waals surface area (Å²) in [7, 11) is 1.47. The standard InChI is InChI=1S/C16H28O6/c1-3-4-5-6-7-11(17)8-14-12(9-15(19)20)13(18)10-16(21-2)22-14/h8,12-14,16-18H,3-7,9-10H2,1-2H3,(H,19,20)/t12-,13-,14+,16-/m1/s1. The average molecular weight is 316 g/mol. The zero-order valence-electron chi connectivity index (χ0n) is 13.4. The molecule has 3 N–H and O–H groups in total. The number of unbranched alkanes of at least 4 members (excludes halogenated alkanes) is 3. The molecule has 0 saturated carbocycles. The van der Waals surface area contributed by atoms with Gasteiger partial charge in [-0.2, -0.15) is 0 Å². The molecule has 1 rings (SSSR count). The van der Waals surface area contributed by atoms with Crippen molar-refractivity contribution in [3.63, 3.8) is 0 Å². The molecule has 6 heteroatoms. The van der Waals surface area contributed by atoms with Crippen LogP contribution in [-0.4, -0.2) is 46.9 Å². The number of allylic oxidation sites excluding steroid dienone is 1. The Bertz CT molecular complexity index is 368. The number of carboxylic acid groups (broad SMARTS) is 1. The highest BCUT2D eigenvalue weighted by Crippen LogP contribution is 2.30. The minimum Gasteiger partial charge on any atom is -0.513 e. The Morgan fingerprint density at radius 1 is 1.32 bits per heavy atom. The molecule has 0 unspecified atom stereocenters. The van der Waals surface area contributed by atoms with Crippen molar-refractivity contribution in [1.29, 1.82) is 0 Å². The van der Waals surface area contributed by atoms with Gasteiger partial charge in [-0.3, -0.25) is 4.79 Å². The number of aliphatic hydroxyl groups excluding tert-OH is 2. The summed E-state index contributed by atoms with van der Waals surface area (Å²) in [5, 5.41) is 29.1. The molecular formula is C16H28O6. The van der Waals surface area contributed by atoms with Crippen LogP contribution in [0.5, 0.6) is 0 Å². The summed E-state index contributed by atoms with van der Waals surface area (Å²) in [4.78, 5) is 11.0. The topological polar surface area (TPSA) is 96.2 Å². The van der Waals surface area contributed by atoms with Gasteiger partial charge < -0.3 is 24.8 Å². The number of carboxylic acids is 1. The maximum Gasteiger partial charge on any atom is 0.303 e. The number of hydrogen-bond donors (Lipinski definition) is 3. The summed E-state index contributed by atoms with van der Waals surface area (Å²) >= 11 is 0. The molecule has 0 aromatic carbocycles. The second-order valence-electron chi connectivity index (χ2n) is 5.80. The van der Waals surface area contributed by atoms with Crippen LogP contribution in [0.1, 0.15) is 51.9 Å². The first kappa shape index (κ1) is 18.9. The van der Waals surface area contributed by atoms with Gasteiger partial charge in [0.25, 0.3) is 0 Å². The fourth-order valence-corrected chi connectivity index (χ4v) is 2.70. The van der Waals surface area contributed by atoms with E-state index in [0.29, 0.717) is 6.42 Å². The van der Waals surface area contributed by atoms with Gasteiger partial charge >= 0.3 is 5.97 Å². The van der Waals surface area contributed by atoms with Crippen LogP contribution in [0.25, 0.3) is 0 Å². The summed E-state index contributed by atoms with van der Waals surface area (Å²) in [6.07, 6.45) is 4.18. The summed E-state index contributed by atoms with van der Waals surface area (Å²) in [6.45, 7) is 2.12. The van der Waals surface area contributed by atoms with E-state index in [4.69, 9.17) is 14.6 Å². The third-order valence-electron chi connectivity index (χ3n) is 3.98. The van der Waals surface area contributed by atoms with Gasteiger partial charge in [0, 0.05) is 25.9 Å². The SMILES string of the molecule is CCCCCCC(O)=C[C@@H]1O[C@@H](OC)C[C@@H](O)[C@H]1CC(=O)O. The molecule has 0 spiro atoms. The molecule has 4 atom stereocenters. The molecule has 1 saturated heterocycles. The fraction of sp³-hybridized carbons (Fsp3) is 0.812.